The van der Waals surface area contributed by atoms with Crippen LogP contribution in [0.2, 0.25) is 0 Å². The molecule has 31 heavy (non-hydrogen) atoms. The molecule has 0 saturated heterocycles. The number of ketones is 1. The Morgan fingerprint density at radius 3 is 2.71 bits per heavy atom. The van der Waals surface area contributed by atoms with Crippen LogP contribution >= 0.6 is 11.3 Å². The van der Waals surface area contributed by atoms with Crippen molar-refractivity contribution in [1.82, 2.24) is 9.78 Å². The van der Waals surface area contributed by atoms with Crippen molar-refractivity contribution in [3.8, 4) is 22.0 Å². The van der Waals surface area contributed by atoms with E-state index in [0.717, 1.165) is 21.8 Å². The van der Waals surface area contributed by atoms with E-state index >= 15 is 0 Å². The second-order valence-electron chi connectivity index (χ2n) is 6.83. The highest BCUT2D eigenvalue weighted by atomic mass is 32.1. The molecule has 152 valence electrons. The van der Waals surface area contributed by atoms with E-state index in [1.54, 1.807) is 34.2 Å². The highest BCUT2D eigenvalue weighted by Crippen LogP contribution is 2.35. The molecular formula is C24H16N2O4S. The molecule has 2 aromatic carbocycles. The van der Waals surface area contributed by atoms with Gasteiger partial charge in [-0.3, -0.25) is 4.79 Å². The summed E-state index contributed by atoms with van der Waals surface area (Å²) in [6, 6.07) is 18.4. The number of ether oxygens (including phenoxy) is 2. The van der Waals surface area contributed by atoms with Gasteiger partial charge >= 0.3 is 5.97 Å². The second-order valence-corrected chi connectivity index (χ2v) is 7.78. The third kappa shape index (κ3) is 3.45. The van der Waals surface area contributed by atoms with Gasteiger partial charge in [-0.1, -0.05) is 24.3 Å². The Labute approximate surface area is 182 Å². The van der Waals surface area contributed by atoms with Crippen molar-refractivity contribution in [2.45, 2.75) is 0 Å². The lowest BCUT2D eigenvalue weighted by Gasteiger charge is -2.00. The number of hydrogen-bond donors (Lipinski definition) is 0. The number of para-hydroxylation sites is 1. The Hall–Kier alpha value is -3.97. The zero-order valence-electron chi connectivity index (χ0n) is 16.4. The summed E-state index contributed by atoms with van der Waals surface area (Å²) in [4.78, 5) is 25.8. The summed E-state index contributed by atoms with van der Waals surface area (Å²) >= 11 is 1.57. The molecule has 0 saturated carbocycles. The van der Waals surface area contributed by atoms with Crippen LogP contribution in [0.1, 0.15) is 26.3 Å². The average molecular weight is 428 g/mol. The predicted octanol–water partition coefficient (Wildman–Crippen LogP) is 5.00. The van der Waals surface area contributed by atoms with Crippen LogP contribution in [0.5, 0.6) is 5.75 Å². The first-order chi connectivity index (χ1) is 15.1. The van der Waals surface area contributed by atoms with Gasteiger partial charge in [-0.2, -0.15) is 5.10 Å². The van der Waals surface area contributed by atoms with E-state index in [1.807, 2.05) is 54.0 Å². The summed E-state index contributed by atoms with van der Waals surface area (Å²) in [5.74, 6) is -0.193. The first kappa shape index (κ1) is 19.0. The van der Waals surface area contributed by atoms with Gasteiger partial charge in [0.1, 0.15) is 11.4 Å². The van der Waals surface area contributed by atoms with Crippen molar-refractivity contribution in [2.75, 3.05) is 7.11 Å². The maximum Gasteiger partial charge on any atom is 0.337 e. The number of benzene rings is 2. The second kappa shape index (κ2) is 7.70. The molecule has 0 aliphatic carbocycles. The largest absolute Gasteiger partial charge is 0.465 e. The fourth-order valence-electron chi connectivity index (χ4n) is 3.39. The van der Waals surface area contributed by atoms with Crippen molar-refractivity contribution < 1.29 is 19.1 Å². The summed E-state index contributed by atoms with van der Waals surface area (Å²) in [6.45, 7) is 0. The Morgan fingerprint density at radius 1 is 1.13 bits per heavy atom. The van der Waals surface area contributed by atoms with Crippen molar-refractivity contribution >= 4 is 29.2 Å². The molecule has 0 bridgehead atoms. The molecular weight excluding hydrogens is 412 g/mol. The van der Waals surface area contributed by atoms with Crippen LogP contribution in [0.4, 0.5) is 0 Å². The lowest BCUT2D eigenvalue weighted by atomic mass is 10.1. The zero-order valence-corrected chi connectivity index (χ0v) is 17.3. The van der Waals surface area contributed by atoms with Gasteiger partial charge in [0.2, 0.25) is 5.78 Å². The Bertz CT molecular complexity index is 1320. The van der Waals surface area contributed by atoms with Crippen LogP contribution in [0.15, 0.2) is 78.0 Å². The number of carbonyl (C=O) groups excluding carboxylic acids is 2. The van der Waals surface area contributed by atoms with Gasteiger partial charge < -0.3 is 9.47 Å². The van der Waals surface area contributed by atoms with Gasteiger partial charge in [0.05, 0.1) is 28.8 Å². The Morgan fingerprint density at radius 2 is 1.97 bits per heavy atom. The first-order valence-electron chi connectivity index (χ1n) is 9.49. The minimum atomic E-state index is -0.503. The summed E-state index contributed by atoms with van der Waals surface area (Å²) in [5.41, 5.74) is 3.07. The number of carbonyl (C=O) groups is 2. The van der Waals surface area contributed by atoms with E-state index in [-0.39, 0.29) is 11.5 Å². The molecule has 2 aromatic heterocycles. The minimum absolute atomic E-state index is 0.183. The number of nitrogens with zero attached hydrogens (tertiary/aromatic N) is 2. The van der Waals surface area contributed by atoms with Gasteiger partial charge in [0.15, 0.2) is 5.76 Å². The number of hydrogen-bond acceptors (Lipinski definition) is 6. The molecule has 0 fully saturated rings. The number of esters is 1. The van der Waals surface area contributed by atoms with Gasteiger partial charge in [-0.05, 0) is 47.9 Å². The molecule has 0 N–H and O–H groups in total. The molecule has 4 aromatic rings. The van der Waals surface area contributed by atoms with Crippen LogP contribution in [-0.4, -0.2) is 28.6 Å². The van der Waals surface area contributed by atoms with Crippen LogP contribution in [0, 0.1) is 0 Å². The number of fused-ring (bicyclic) bond motifs is 1. The quantitative estimate of drug-likeness (QED) is 0.338. The van der Waals surface area contributed by atoms with E-state index in [4.69, 9.17) is 14.6 Å². The third-order valence-electron chi connectivity index (χ3n) is 4.89. The van der Waals surface area contributed by atoms with Crippen molar-refractivity contribution in [1.29, 1.82) is 0 Å². The lowest BCUT2D eigenvalue weighted by molar-refractivity contribution is 0.0600. The molecule has 5 rings (SSSR count). The normalized spacial score (nSPS) is 13.8. The fourth-order valence-corrected chi connectivity index (χ4v) is 4.12. The molecule has 6 nitrogen and oxygen atoms in total. The van der Waals surface area contributed by atoms with Gasteiger partial charge in [0, 0.05) is 11.8 Å². The zero-order chi connectivity index (χ0) is 21.4. The standard InChI is InChI=1S/C24H16N2O4S/c1-29-24(28)15-9-10-19-18(12-15)23(27)20(30-19)13-16-14-26(17-6-3-2-4-7-17)25-22(16)21-8-5-11-31-21/h2-14H,1H3/b20-13-. The smallest absolute Gasteiger partial charge is 0.337 e. The van der Waals surface area contributed by atoms with Crippen LogP contribution in [0.25, 0.3) is 22.3 Å². The maximum atomic E-state index is 13.0. The maximum absolute atomic E-state index is 13.0. The SMILES string of the molecule is COC(=O)c1ccc2c(c1)C(=O)/C(=C/c1cn(-c3ccccc3)nc1-c1cccs1)O2. The third-order valence-corrected chi connectivity index (χ3v) is 5.77. The molecule has 1 aliphatic heterocycles. The van der Waals surface area contributed by atoms with E-state index in [1.165, 1.54) is 13.2 Å². The fraction of sp³-hybridized carbons (Fsp3) is 0.0417. The van der Waals surface area contributed by atoms with E-state index in [0.29, 0.717) is 16.9 Å². The van der Waals surface area contributed by atoms with E-state index < -0.39 is 5.97 Å². The number of thiophene rings is 1. The number of allylic oxidation sites excluding steroid dienone is 1. The van der Waals surface area contributed by atoms with Crippen LogP contribution in [-0.2, 0) is 4.74 Å². The monoisotopic (exact) mass is 428 g/mol. The van der Waals surface area contributed by atoms with E-state index in [2.05, 4.69) is 0 Å². The lowest BCUT2D eigenvalue weighted by Crippen LogP contribution is -2.03. The number of rotatable bonds is 4. The highest BCUT2D eigenvalue weighted by Gasteiger charge is 2.29. The minimum Gasteiger partial charge on any atom is -0.465 e. The topological polar surface area (TPSA) is 70.4 Å². The van der Waals surface area contributed by atoms with Crippen molar-refractivity contribution in [2.24, 2.45) is 0 Å². The number of methoxy groups -OCH3 is 1. The Balaban J connectivity index is 1.56. The average Bonchev–Trinajstić information content (AvgIpc) is 3.54. The number of aromatic nitrogens is 2. The van der Waals surface area contributed by atoms with Gasteiger partial charge in [0.25, 0.3) is 0 Å². The van der Waals surface area contributed by atoms with Gasteiger partial charge in [-0.25, -0.2) is 9.48 Å². The summed E-state index contributed by atoms with van der Waals surface area (Å²) in [7, 11) is 1.30. The molecule has 0 atom stereocenters. The first-order valence-corrected chi connectivity index (χ1v) is 10.4. The number of Topliss-reactive ketones (excluding diaryl/α,β-unsaturated/α-hetero) is 1. The van der Waals surface area contributed by atoms with Crippen molar-refractivity contribution in [3.05, 3.63) is 94.7 Å². The highest BCUT2D eigenvalue weighted by molar-refractivity contribution is 7.13. The molecule has 0 spiro atoms. The summed E-state index contributed by atoms with van der Waals surface area (Å²) in [5, 5.41) is 6.72. The van der Waals surface area contributed by atoms with Gasteiger partial charge in [-0.15, -0.1) is 11.3 Å². The van der Waals surface area contributed by atoms with E-state index in [9.17, 15) is 9.59 Å². The molecule has 0 unspecified atom stereocenters. The predicted molar refractivity (Wildman–Crippen MR) is 118 cm³/mol. The molecule has 1 aliphatic rings. The molecule has 0 radical (unpaired) electrons. The Kier molecular flexibility index (Phi) is 4.72. The molecule has 0 amide bonds. The molecule has 7 heteroatoms. The summed E-state index contributed by atoms with van der Waals surface area (Å²) < 4.78 is 12.3. The van der Waals surface area contributed by atoms with Crippen molar-refractivity contribution in [3.63, 3.8) is 0 Å². The molecule has 3 heterocycles. The summed E-state index contributed by atoms with van der Waals surface area (Å²) in [6.07, 6.45) is 3.57. The van der Waals surface area contributed by atoms with Crippen LogP contribution in [0.3, 0.4) is 0 Å². The van der Waals surface area contributed by atoms with Crippen LogP contribution < -0.4 is 4.74 Å².